The van der Waals surface area contributed by atoms with Gasteiger partial charge in [0, 0.05) is 37.0 Å². The number of rotatable bonds is 6. The lowest BCUT2D eigenvalue weighted by atomic mass is 9.89. The van der Waals surface area contributed by atoms with Crippen LogP contribution in [-0.4, -0.2) is 48.1 Å². The normalized spacial score (nSPS) is 21.1. The summed E-state index contributed by atoms with van der Waals surface area (Å²) >= 11 is 1.72. The van der Waals surface area contributed by atoms with E-state index in [4.69, 9.17) is 0 Å². The molecule has 0 radical (unpaired) electrons. The van der Waals surface area contributed by atoms with Gasteiger partial charge in [-0.15, -0.1) is 11.3 Å². The van der Waals surface area contributed by atoms with Crippen LogP contribution in [0.15, 0.2) is 35.7 Å². The Balaban J connectivity index is 1.70. The number of hydrogen-bond acceptors (Lipinski definition) is 4. The van der Waals surface area contributed by atoms with Crippen molar-refractivity contribution >= 4 is 17.3 Å². The van der Waals surface area contributed by atoms with Crippen LogP contribution in [0.25, 0.3) is 0 Å². The van der Waals surface area contributed by atoms with Crippen molar-refractivity contribution < 1.29 is 14.3 Å². The molecule has 134 valence electrons. The van der Waals surface area contributed by atoms with Crippen molar-refractivity contribution in [3.8, 4) is 0 Å². The lowest BCUT2D eigenvalue weighted by molar-refractivity contribution is -0.141. The predicted molar refractivity (Wildman–Crippen MR) is 97.3 cm³/mol. The summed E-state index contributed by atoms with van der Waals surface area (Å²) in [6, 6.07) is 8.43. The molecule has 3 rings (SSSR count). The van der Waals surface area contributed by atoms with E-state index in [0.29, 0.717) is 13.1 Å². The fraction of sp³-hybridized carbons (Fsp3) is 0.421. The maximum atomic E-state index is 13.2. The summed E-state index contributed by atoms with van der Waals surface area (Å²) in [6.45, 7) is 2.88. The summed E-state index contributed by atoms with van der Waals surface area (Å²) in [5.74, 6) is -1.63. The summed E-state index contributed by atoms with van der Waals surface area (Å²) in [6.07, 6.45) is 0. The molecule has 0 spiro atoms. The highest BCUT2D eigenvalue weighted by molar-refractivity contribution is 7.10. The molecule has 0 saturated carbocycles. The van der Waals surface area contributed by atoms with Gasteiger partial charge in [-0.1, -0.05) is 12.1 Å². The first-order chi connectivity index (χ1) is 11.9. The number of halogens is 1. The average Bonchev–Trinajstić information content (AvgIpc) is 3.15. The lowest BCUT2D eigenvalue weighted by Gasteiger charge is -2.15. The van der Waals surface area contributed by atoms with E-state index >= 15 is 0 Å². The lowest BCUT2D eigenvalue weighted by Crippen LogP contribution is -2.23. The largest absolute Gasteiger partial charge is 0.481 e. The molecule has 25 heavy (non-hydrogen) atoms. The van der Waals surface area contributed by atoms with E-state index in [9.17, 15) is 14.3 Å². The molecule has 1 fully saturated rings. The highest BCUT2D eigenvalue weighted by atomic mass is 32.1. The first kappa shape index (κ1) is 18.0. The molecule has 1 N–H and O–H groups in total. The van der Waals surface area contributed by atoms with E-state index in [0.717, 1.165) is 18.7 Å². The average molecular weight is 362 g/mol. The Hall–Kier alpha value is -1.76. The van der Waals surface area contributed by atoms with Gasteiger partial charge in [-0.3, -0.25) is 9.69 Å². The van der Waals surface area contributed by atoms with Crippen LogP contribution in [0.4, 0.5) is 4.39 Å². The van der Waals surface area contributed by atoms with Gasteiger partial charge < -0.3 is 10.0 Å². The van der Waals surface area contributed by atoms with Gasteiger partial charge in [-0.05, 0) is 48.8 Å². The van der Waals surface area contributed by atoms with Crippen LogP contribution < -0.4 is 0 Å². The standard InChI is InChI=1S/C19H23FN2O2S/c1-21(2)8-13-7-16(25-12-13)9-22-10-17(18(11-22)19(23)24)14-3-5-15(20)6-4-14/h3-7,12,17-18H,8-11H2,1-2H3,(H,23,24)/t17-,18+/m0/s1. The van der Waals surface area contributed by atoms with Crippen molar-refractivity contribution in [3.63, 3.8) is 0 Å². The number of likely N-dealkylation sites (tertiary alicyclic amines) is 1. The maximum Gasteiger partial charge on any atom is 0.308 e. The first-order valence-corrected chi connectivity index (χ1v) is 9.22. The smallest absolute Gasteiger partial charge is 0.308 e. The number of carbonyl (C=O) groups is 1. The summed E-state index contributed by atoms with van der Waals surface area (Å²) in [7, 11) is 4.09. The van der Waals surface area contributed by atoms with Crippen molar-refractivity contribution in [1.29, 1.82) is 0 Å². The van der Waals surface area contributed by atoms with Gasteiger partial charge in [0.15, 0.2) is 0 Å². The quantitative estimate of drug-likeness (QED) is 0.857. The van der Waals surface area contributed by atoms with Crippen LogP contribution in [0.5, 0.6) is 0 Å². The Morgan fingerprint density at radius 1 is 1.32 bits per heavy atom. The molecule has 1 aliphatic rings. The van der Waals surface area contributed by atoms with Crippen molar-refractivity contribution in [2.24, 2.45) is 5.92 Å². The van der Waals surface area contributed by atoms with Crippen LogP contribution in [-0.2, 0) is 17.9 Å². The van der Waals surface area contributed by atoms with Crippen LogP contribution in [0, 0.1) is 11.7 Å². The molecule has 1 aliphatic heterocycles. The first-order valence-electron chi connectivity index (χ1n) is 8.34. The summed E-state index contributed by atoms with van der Waals surface area (Å²) in [5, 5.41) is 11.7. The minimum atomic E-state index is -0.781. The third kappa shape index (κ3) is 4.45. The molecule has 0 unspecified atom stereocenters. The number of benzene rings is 1. The van der Waals surface area contributed by atoms with Crippen LogP contribution >= 0.6 is 11.3 Å². The van der Waals surface area contributed by atoms with Gasteiger partial charge in [0.1, 0.15) is 5.82 Å². The fourth-order valence-electron chi connectivity index (χ4n) is 3.49. The Kier molecular flexibility index (Phi) is 5.51. The second-order valence-corrected chi connectivity index (χ2v) is 7.95. The number of carboxylic acid groups (broad SMARTS) is 1. The number of thiophene rings is 1. The molecule has 0 aliphatic carbocycles. The van der Waals surface area contributed by atoms with Gasteiger partial charge >= 0.3 is 5.97 Å². The van der Waals surface area contributed by atoms with Gasteiger partial charge in [-0.2, -0.15) is 0 Å². The minimum Gasteiger partial charge on any atom is -0.481 e. The molecule has 1 aromatic carbocycles. The Bertz CT molecular complexity index is 729. The second kappa shape index (κ2) is 7.64. The van der Waals surface area contributed by atoms with E-state index in [1.807, 2.05) is 14.1 Å². The van der Waals surface area contributed by atoms with Crippen molar-refractivity contribution in [2.45, 2.75) is 19.0 Å². The van der Waals surface area contributed by atoms with Crippen LogP contribution in [0.2, 0.25) is 0 Å². The van der Waals surface area contributed by atoms with Gasteiger partial charge in [0.2, 0.25) is 0 Å². The molecule has 1 saturated heterocycles. The maximum absolute atomic E-state index is 13.2. The molecule has 2 aromatic rings. The van der Waals surface area contributed by atoms with E-state index in [1.165, 1.54) is 22.6 Å². The van der Waals surface area contributed by atoms with Gasteiger partial charge in [0.25, 0.3) is 0 Å². The van der Waals surface area contributed by atoms with Crippen molar-refractivity contribution in [1.82, 2.24) is 9.80 Å². The zero-order valence-electron chi connectivity index (χ0n) is 14.5. The molecule has 4 nitrogen and oxygen atoms in total. The van der Waals surface area contributed by atoms with Gasteiger partial charge in [-0.25, -0.2) is 4.39 Å². The summed E-state index contributed by atoms with van der Waals surface area (Å²) in [5.41, 5.74) is 2.19. The summed E-state index contributed by atoms with van der Waals surface area (Å²) in [4.78, 5) is 17.2. The SMILES string of the molecule is CN(C)Cc1csc(CN2C[C@@H](C(=O)O)[C@H](c3ccc(F)cc3)C2)c1. The highest BCUT2D eigenvalue weighted by Gasteiger charge is 2.38. The van der Waals surface area contributed by atoms with Crippen LogP contribution in [0.3, 0.4) is 0 Å². The Morgan fingerprint density at radius 2 is 2.04 bits per heavy atom. The highest BCUT2D eigenvalue weighted by Crippen LogP contribution is 2.34. The third-order valence-corrected chi connectivity index (χ3v) is 5.57. The third-order valence-electron chi connectivity index (χ3n) is 4.60. The van der Waals surface area contributed by atoms with E-state index in [1.54, 1.807) is 23.5 Å². The number of hydrogen-bond donors (Lipinski definition) is 1. The monoisotopic (exact) mass is 362 g/mol. The fourth-order valence-corrected chi connectivity index (χ4v) is 4.41. The van der Waals surface area contributed by atoms with E-state index in [-0.39, 0.29) is 11.7 Å². The van der Waals surface area contributed by atoms with Crippen molar-refractivity contribution in [3.05, 3.63) is 57.5 Å². The van der Waals surface area contributed by atoms with Crippen LogP contribution in [0.1, 0.15) is 21.9 Å². The molecule has 2 atom stereocenters. The van der Waals surface area contributed by atoms with E-state index < -0.39 is 11.9 Å². The number of nitrogens with zero attached hydrogens (tertiary/aromatic N) is 2. The zero-order chi connectivity index (χ0) is 18.0. The topological polar surface area (TPSA) is 43.8 Å². The van der Waals surface area contributed by atoms with E-state index in [2.05, 4.69) is 21.2 Å². The number of carboxylic acids is 1. The molecule has 0 amide bonds. The predicted octanol–water partition coefficient (Wildman–Crippen LogP) is 3.25. The zero-order valence-corrected chi connectivity index (χ0v) is 15.3. The Morgan fingerprint density at radius 3 is 2.68 bits per heavy atom. The minimum absolute atomic E-state index is 0.0979. The molecular formula is C19H23FN2O2S. The molecule has 0 bridgehead atoms. The molecule has 1 aromatic heterocycles. The second-order valence-electron chi connectivity index (χ2n) is 6.96. The molecular weight excluding hydrogens is 339 g/mol. The summed E-state index contributed by atoms with van der Waals surface area (Å²) < 4.78 is 13.2. The number of aliphatic carboxylic acids is 1. The van der Waals surface area contributed by atoms with Gasteiger partial charge in [0.05, 0.1) is 5.92 Å². The molecule has 2 heterocycles. The Labute approximate surface area is 151 Å². The molecule has 6 heteroatoms. The van der Waals surface area contributed by atoms with Crippen molar-refractivity contribution in [2.75, 3.05) is 27.2 Å².